The lowest BCUT2D eigenvalue weighted by Crippen LogP contribution is -2.34. The van der Waals surface area contributed by atoms with Crippen LogP contribution in [-0.2, 0) is 6.42 Å². The van der Waals surface area contributed by atoms with E-state index >= 15 is 0 Å². The van der Waals surface area contributed by atoms with E-state index in [4.69, 9.17) is 0 Å². The smallest absolute Gasteiger partial charge is 0.285 e. The Morgan fingerprint density at radius 3 is 2.38 bits per heavy atom. The zero-order chi connectivity index (χ0) is 19.3. The van der Waals surface area contributed by atoms with Crippen molar-refractivity contribution in [2.24, 2.45) is 0 Å². The molecular weight excluding hydrogens is 330 g/mol. The summed E-state index contributed by atoms with van der Waals surface area (Å²) in [6.45, 7) is 4.10. The van der Waals surface area contributed by atoms with Gasteiger partial charge in [0.15, 0.2) is 0 Å². The van der Waals surface area contributed by atoms with Gasteiger partial charge >= 0.3 is 0 Å². The zero-order valence-corrected chi connectivity index (χ0v) is 15.7. The molecule has 0 aliphatic heterocycles. The first-order valence-corrected chi connectivity index (χ1v) is 8.62. The van der Waals surface area contributed by atoms with Crippen LogP contribution < -0.4 is 5.32 Å². The molecule has 1 unspecified atom stereocenters. The van der Waals surface area contributed by atoms with Crippen LogP contribution in [0.15, 0.2) is 42.5 Å². The number of likely N-dealkylation sites (N-methyl/N-ethyl adjacent to an activating group) is 1. The summed E-state index contributed by atoms with van der Waals surface area (Å²) in [5.41, 5.74) is 2.77. The standard InChI is InChI=1S/C20H25N3O3/c1-5-15-9-11-16(12-10-15)18(22(3)4)13-21-20(24)17-8-6-7-14(2)19(17)23(25)26/h6-12,18H,5,13H2,1-4H3,(H,21,24). The Balaban J connectivity index is 2.18. The summed E-state index contributed by atoms with van der Waals surface area (Å²) in [6, 6.07) is 13.0. The Morgan fingerprint density at radius 1 is 1.19 bits per heavy atom. The molecule has 0 aromatic heterocycles. The van der Waals surface area contributed by atoms with Gasteiger partial charge in [-0.1, -0.05) is 43.3 Å². The van der Waals surface area contributed by atoms with Crippen LogP contribution in [-0.4, -0.2) is 36.4 Å². The van der Waals surface area contributed by atoms with Gasteiger partial charge in [0.05, 0.1) is 11.0 Å². The van der Waals surface area contributed by atoms with Crippen molar-refractivity contribution in [3.05, 3.63) is 74.8 Å². The molecule has 0 bridgehead atoms. The molecule has 6 nitrogen and oxygen atoms in total. The van der Waals surface area contributed by atoms with Crippen LogP contribution >= 0.6 is 0 Å². The normalized spacial score (nSPS) is 12.0. The van der Waals surface area contributed by atoms with Gasteiger partial charge in [-0.05, 0) is 44.6 Å². The summed E-state index contributed by atoms with van der Waals surface area (Å²) in [7, 11) is 3.89. The molecule has 0 fully saturated rings. The molecule has 0 aliphatic rings. The number of para-hydroxylation sites is 1. The van der Waals surface area contributed by atoms with Crippen molar-refractivity contribution in [1.29, 1.82) is 0 Å². The first-order chi connectivity index (χ1) is 12.3. The van der Waals surface area contributed by atoms with Crippen LogP contribution in [0.3, 0.4) is 0 Å². The first kappa shape index (κ1) is 19.6. The number of hydrogen-bond donors (Lipinski definition) is 1. The number of rotatable bonds is 7. The third-order valence-corrected chi connectivity index (χ3v) is 4.52. The summed E-state index contributed by atoms with van der Waals surface area (Å²) in [6.07, 6.45) is 0.973. The van der Waals surface area contributed by atoms with E-state index in [1.807, 2.05) is 19.0 Å². The van der Waals surface area contributed by atoms with E-state index in [9.17, 15) is 14.9 Å². The fourth-order valence-corrected chi connectivity index (χ4v) is 2.94. The molecule has 0 radical (unpaired) electrons. The van der Waals surface area contributed by atoms with Crippen molar-refractivity contribution < 1.29 is 9.72 Å². The number of aryl methyl sites for hydroxylation is 2. The fraction of sp³-hybridized carbons (Fsp3) is 0.350. The summed E-state index contributed by atoms with van der Waals surface area (Å²) in [4.78, 5) is 25.4. The number of hydrogen-bond acceptors (Lipinski definition) is 4. The van der Waals surface area contributed by atoms with Crippen LogP contribution in [0.5, 0.6) is 0 Å². The first-order valence-electron chi connectivity index (χ1n) is 8.62. The molecule has 2 rings (SSSR count). The quantitative estimate of drug-likeness (QED) is 0.609. The maximum absolute atomic E-state index is 12.5. The molecule has 0 saturated carbocycles. The monoisotopic (exact) mass is 355 g/mol. The second-order valence-electron chi connectivity index (χ2n) is 6.51. The minimum atomic E-state index is -0.503. The van der Waals surface area contributed by atoms with Gasteiger partial charge in [0, 0.05) is 12.1 Å². The van der Waals surface area contributed by atoms with Crippen molar-refractivity contribution in [3.63, 3.8) is 0 Å². The van der Waals surface area contributed by atoms with Gasteiger partial charge in [0.2, 0.25) is 0 Å². The molecule has 0 saturated heterocycles. The Hall–Kier alpha value is -2.73. The average molecular weight is 355 g/mol. The largest absolute Gasteiger partial charge is 0.350 e. The van der Waals surface area contributed by atoms with Gasteiger partial charge < -0.3 is 10.2 Å². The SMILES string of the molecule is CCc1ccc(C(CNC(=O)c2cccc(C)c2[N+](=O)[O-])N(C)C)cc1. The van der Waals surface area contributed by atoms with Crippen molar-refractivity contribution in [2.45, 2.75) is 26.3 Å². The predicted octanol–water partition coefficient (Wildman–Crippen LogP) is 3.50. The van der Waals surface area contributed by atoms with E-state index in [1.54, 1.807) is 19.1 Å². The molecule has 0 aliphatic carbocycles. The lowest BCUT2D eigenvalue weighted by Gasteiger charge is -2.25. The van der Waals surface area contributed by atoms with Gasteiger partial charge in [-0.15, -0.1) is 0 Å². The van der Waals surface area contributed by atoms with Crippen molar-refractivity contribution in [2.75, 3.05) is 20.6 Å². The molecule has 1 atom stereocenters. The van der Waals surface area contributed by atoms with Gasteiger partial charge in [-0.3, -0.25) is 14.9 Å². The van der Waals surface area contributed by atoms with Crippen molar-refractivity contribution in [1.82, 2.24) is 10.2 Å². The summed E-state index contributed by atoms with van der Waals surface area (Å²) < 4.78 is 0. The minimum Gasteiger partial charge on any atom is -0.350 e. The Labute approximate surface area is 154 Å². The highest BCUT2D eigenvalue weighted by molar-refractivity contribution is 5.98. The maximum Gasteiger partial charge on any atom is 0.285 e. The second kappa shape index (κ2) is 8.58. The molecule has 138 valence electrons. The van der Waals surface area contributed by atoms with Gasteiger partial charge in [0.1, 0.15) is 5.56 Å². The Morgan fingerprint density at radius 2 is 1.85 bits per heavy atom. The number of nitro benzene ring substituents is 1. The predicted molar refractivity (Wildman–Crippen MR) is 102 cm³/mol. The van der Waals surface area contributed by atoms with Crippen LogP contribution in [0.2, 0.25) is 0 Å². The van der Waals surface area contributed by atoms with E-state index in [1.165, 1.54) is 11.6 Å². The summed E-state index contributed by atoms with van der Waals surface area (Å²) in [5.74, 6) is -0.433. The number of carbonyl (C=O) groups is 1. The van der Waals surface area contributed by atoms with Crippen molar-refractivity contribution in [3.8, 4) is 0 Å². The highest BCUT2D eigenvalue weighted by Crippen LogP contribution is 2.23. The zero-order valence-electron chi connectivity index (χ0n) is 15.7. The topological polar surface area (TPSA) is 75.5 Å². The van der Waals surface area contributed by atoms with E-state index in [-0.39, 0.29) is 17.3 Å². The fourth-order valence-electron chi connectivity index (χ4n) is 2.94. The van der Waals surface area contributed by atoms with Crippen molar-refractivity contribution >= 4 is 11.6 Å². The number of amides is 1. The number of carbonyl (C=O) groups excluding carboxylic acids is 1. The second-order valence-corrected chi connectivity index (χ2v) is 6.51. The van der Waals surface area contributed by atoms with Crippen LogP contribution in [0.4, 0.5) is 5.69 Å². The molecule has 0 spiro atoms. The molecule has 1 amide bonds. The lowest BCUT2D eigenvalue weighted by molar-refractivity contribution is -0.385. The number of benzene rings is 2. The number of nitrogens with one attached hydrogen (secondary N) is 1. The Bertz CT molecular complexity index is 785. The molecule has 26 heavy (non-hydrogen) atoms. The summed E-state index contributed by atoms with van der Waals surface area (Å²) >= 11 is 0. The van der Waals surface area contributed by atoms with Crippen LogP contribution in [0, 0.1) is 17.0 Å². The van der Waals surface area contributed by atoms with E-state index < -0.39 is 10.8 Å². The molecule has 2 aromatic carbocycles. The third kappa shape index (κ3) is 4.46. The molecule has 2 aromatic rings. The van der Waals surface area contributed by atoms with E-state index in [0.717, 1.165) is 12.0 Å². The molecule has 0 heterocycles. The lowest BCUT2D eigenvalue weighted by atomic mass is 10.0. The number of nitro groups is 1. The van der Waals surface area contributed by atoms with E-state index in [2.05, 4.69) is 36.5 Å². The van der Waals surface area contributed by atoms with Crippen LogP contribution in [0.25, 0.3) is 0 Å². The minimum absolute atomic E-state index is 0.0197. The highest BCUT2D eigenvalue weighted by atomic mass is 16.6. The third-order valence-electron chi connectivity index (χ3n) is 4.52. The highest BCUT2D eigenvalue weighted by Gasteiger charge is 2.23. The number of nitrogens with zero attached hydrogens (tertiary/aromatic N) is 2. The van der Waals surface area contributed by atoms with Gasteiger partial charge in [-0.2, -0.15) is 0 Å². The average Bonchev–Trinajstić information content (AvgIpc) is 2.61. The molecule has 1 N–H and O–H groups in total. The van der Waals surface area contributed by atoms with Crippen LogP contribution in [0.1, 0.15) is 40.0 Å². The van der Waals surface area contributed by atoms with E-state index in [0.29, 0.717) is 12.1 Å². The molecular formula is C20H25N3O3. The summed E-state index contributed by atoms with van der Waals surface area (Å²) in [5, 5.41) is 14.1. The maximum atomic E-state index is 12.5. The van der Waals surface area contributed by atoms with Gasteiger partial charge in [0.25, 0.3) is 11.6 Å². The van der Waals surface area contributed by atoms with Gasteiger partial charge in [-0.25, -0.2) is 0 Å². The Kier molecular flexibility index (Phi) is 6.46. The molecule has 6 heteroatoms.